The molecule has 0 aromatic carbocycles. The van der Waals surface area contributed by atoms with Crippen LogP contribution < -0.4 is 5.32 Å². The van der Waals surface area contributed by atoms with E-state index in [0.29, 0.717) is 19.6 Å². The quantitative estimate of drug-likeness (QED) is 0.649. The first-order valence-electron chi connectivity index (χ1n) is 4.85. The van der Waals surface area contributed by atoms with E-state index < -0.39 is 10.0 Å². The topological polar surface area (TPSA) is 52.6 Å². The zero-order valence-electron chi connectivity index (χ0n) is 8.86. The summed E-state index contributed by atoms with van der Waals surface area (Å²) in [5, 5.41) is 3.09. The van der Waals surface area contributed by atoms with Crippen LogP contribution in [0.5, 0.6) is 0 Å². The van der Waals surface area contributed by atoms with Crippen molar-refractivity contribution in [2.24, 2.45) is 0 Å². The number of sulfonamides is 1. The number of rotatable bonds is 3. The van der Waals surface area contributed by atoms with Gasteiger partial charge in [0.1, 0.15) is 0 Å². The molecule has 84 valence electrons. The second kappa shape index (κ2) is 5.06. The monoisotopic (exact) mass is 221 g/mol. The summed E-state index contributed by atoms with van der Waals surface area (Å²) in [5.74, 6) is 0.223. The van der Waals surface area contributed by atoms with E-state index in [1.807, 2.05) is 19.0 Å². The van der Waals surface area contributed by atoms with Crippen LogP contribution in [0.2, 0.25) is 0 Å². The van der Waals surface area contributed by atoms with Crippen molar-refractivity contribution in [3.05, 3.63) is 0 Å². The van der Waals surface area contributed by atoms with E-state index in [1.165, 1.54) is 0 Å². The molecule has 1 aliphatic heterocycles. The lowest BCUT2D eigenvalue weighted by atomic mass is 10.5. The number of nitrogens with zero attached hydrogens (tertiary/aromatic N) is 2. The van der Waals surface area contributed by atoms with E-state index in [4.69, 9.17) is 0 Å². The molecule has 0 spiro atoms. The fraction of sp³-hybridized carbons (Fsp3) is 1.00. The minimum absolute atomic E-state index is 0.223. The van der Waals surface area contributed by atoms with Gasteiger partial charge >= 0.3 is 0 Å². The molecule has 1 aliphatic rings. The molecule has 5 nitrogen and oxygen atoms in total. The average Bonchev–Trinajstić information content (AvgIpc) is 2.23. The van der Waals surface area contributed by atoms with Crippen LogP contribution in [0.1, 0.15) is 0 Å². The van der Waals surface area contributed by atoms with E-state index in [2.05, 4.69) is 5.32 Å². The van der Waals surface area contributed by atoms with Gasteiger partial charge in [-0.15, -0.1) is 0 Å². The first kappa shape index (κ1) is 11.9. The lowest BCUT2D eigenvalue weighted by Crippen LogP contribution is -2.38. The average molecular weight is 221 g/mol. The number of hydrogen-bond acceptors (Lipinski definition) is 4. The summed E-state index contributed by atoms with van der Waals surface area (Å²) in [4.78, 5) is 1.99. The maximum Gasteiger partial charge on any atom is 0.215 e. The highest BCUT2D eigenvalue weighted by Crippen LogP contribution is 2.03. The highest BCUT2D eigenvalue weighted by Gasteiger charge is 2.23. The number of hydrogen-bond donors (Lipinski definition) is 1. The molecule has 0 aliphatic carbocycles. The van der Waals surface area contributed by atoms with Crippen LogP contribution >= 0.6 is 0 Å². The van der Waals surface area contributed by atoms with Gasteiger partial charge < -0.3 is 10.2 Å². The molecule has 0 aromatic heterocycles. The Morgan fingerprint density at radius 2 is 2.07 bits per heavy atom. The summed E-state index contributed by atoms with van der Waals surface area (Å²) in [6.07, 6.45) is 0. The minimum Gasteiger partial charge on any atom is -0.314 e. The molecule has 0 saturated carbocycles. The van der Waals surface area contributed by atoms with Crippen molar-refractivity contribution in [2.75, 3.05) is 52.6 Å². The predicted molar refractivity (Wildman–Crippen MR) is 56.8 cm³/mol. The molecular formula is C8H19N3O2S. The SMILES string of the molecule is CN(C)CCN1CCNCCS1(=O)=O. The molecular weight excluding hydrogens is 202 g/mol. The molecule has 6 heteroatoms. The maximum absolute atomic E-state index is 11.7. The van der Waals surface area contributed by atoms with Crippen LogP contribution in [0.3, 0.4) is 0 Å². The van der Waals surface area contributed by atoms with Gasteiger partial charge in [0.05, 0.1) is 5.75 Å². The molecule has 0 unspecified atom stereocenters. The molecule has 1 rings (SSSR count). The minimum atomic E-state index is -3.01. The van der Waals surface area contributed by atoms with Crippen LogP contribution in [0.15, 0.2) is 0 Å². The third kappa shape index (κ3) is 3.53. The molecule has 1 fully saturated rings. The Bertz CT molecular complexity index is 264. The zero-order valence-corrected chi connectivity index (χ0v) is 9.68. The summed E-state index contributed by atoms with van der Waals surface area (Å²) < 4.78 is 24.9. The number of likely N-dealkylation sites (N-methyl/N-ethyl adjacent to an activating group) is 1. The van der Waals surface area contributed by atoms with Crippen molar-refractivity contribution in [3.8, 4) is 0 Å². The second-order valence-electron chi connectivity index (χ2n) is 3.77. The van der Waals surface area contributed by atoms with E-state index in [0.717, 1.165) is 13.1 Å². The molecule has 0 aromatic rings. The van der Waals surface area contributed by atoms with Gasteiger partial charge in [-0.25, -0.2) is 8.42 Å². The summed E-state index contributed by atoms with van der Waals surface area (Å²) in [6, 6.07) is 0. The van der Waals surface area contributed by atoms with Crippen LogP contribution in [0.25, 0.3) is 0 Å². The molecule has 0 amide bonds. The summed E-state index contributed by atoms with van der Waals surface area (Å²) in [5.41, 5.74) is 0. The van der Waals surface area contributed by atoms with E-state index in [-0.39, 0.29) is 5.75 Å². The van der Waals surface area contributed by atoms with Gasteiger partial charge in [0, 0.05) is 32.7 Å². The van der Waals surface area contributed by atoms with Crippen molar-refractivity contribution in [1.82, 2.24) is 14.5 Å². The predicted octanol–water partition coefficient (Wildman–Crippen LogP) is -1.22. The van der Waals surface area contributed by atoms with Gasteiger partial charge in [0.25, 0.3) is 0 Å². The Hall–Kier alpha value is -0.170. The summed E-state index contributed by atoms with van der Waals surface area (Å²) in [6.45, 7) is 3.29. The second-order valence-corrected chi connectivity index (χ2v) is 5.86. The fourth-order valence-corrected chi connectivity index (χ4v) is 2.75. The van der Waals surface area contributed by atoms with Crippen LogP contribution in [0.4, 0.5) is 0 Å². The Morgan fingerprint density at radius 3 is 2.71 bits per heavy atom. The lowest BCUT2D eigenvalue weighted by Gasteiger charge is -2.21. The van der Waals surface area contributed by atoms with Crippen molar-refractivity contribution >= 4 is 10.0 Å². The van der Waals surface area contributed by atoms with E-state index in [1.54, 1.807) is 4.31 Å². The van der Waals surface area contributed by atoms with Gasteiger partial charge in [-0.3, -0.25) is 0 Å². The highest BCUT2D eigenvalue weighted by molar-refractivity contribution is 7.89. The fourth-order valence-electron chi connectivity index (χ4n) is 1.36. The highest BCUT2D eigenvalue weighted by atomic mass is 32.2. The summed E-state index contributed by atoms with van der Waals surface area (Å²) >= 11 is 0. The van der Waals surface area contributed by atoms with Crippen LogP contribution in [0, 0.1) is 0 Å². The van der Waals surface area contributed by atoms with Crippen LogP contribution in [-0.2, 0) is 10.0 Å². The molecule has 1 saturated heterocycles. The molecule has 1 heterocycles. The Balaban J connectivity index is 2.54. The lowest BCUT2D eigenvalue weighted by molar-refractivity contribution is 0.337. The third-order valence-electron chi connectivity index (χ3n) is 2.26. The van der Waals surface area contributed by atoms with Crippen molar-refractivity contribution < 1.29 is 8.42 Å². The zero-order chi connectivity index (χ0) is 10.6. The van der Waals surface area contributed by atoms with Gasteiger partial charge in [-0.05, 0) is 14.1 Å². The largest absolute Gasteiger partial charge is 0.314 e. The molecule has 0 bridgehead atoms. The molecule has 0 atom stereocenters. The normalized spacial score (nSPS) is 23.6. The standard InChI is InChI=1S/C8H19N3O2S/c1-10(2)6-7-11-5-3-9-4-8-14(11,12)13/h9H,3-8H2,1-2H3. The van der Waals surface area contributed by atoms with E-state index in [9.17, 15) is 8.42 Å². The van der Waals surface area contributed by atoms with Gasteiger partial charge in [-0.1, -0.05) is 0 Å². The maximum atomic E-state index is 11.7. The van der Waals surface area contributed by atoms with E-state index >= 15 is 0 Å². The Labute approximate surface area is 86.1 Å². The third-order valence-corrected chi connectivity index (χ3v) is 4.14. The molecule has 0 radical (unpaired) electrons. The smallest absolute Gasteiger partial charge is 0.215 e. The van der Waals surface area contributed by atoms with Crippen molar-refractivity contribution in [1.29, 1.82) is 0 Å². The molecule has 1 N–H and O–H groups in total. The van der Waals surface area contributed by atoms with Crippen molar-refractivity contribution in [3.63, 3.8) is 0 Å². The Morgan fingerprint density at radius 1 is 1.36 bits per heavy atom. The van der Waals surface area contributed by atoms with Gasteiger partial charge in [0.2, 0.25) is 10.0 Å². The van der Waals surface area contributed by atoms with Crippen LogP contribution in [-0.4, -0.2) is 70.2 Å². The first-order chi connectivity index (χ1) is 6.52. The molecule has 14 heavy (non-hydrogen) atoms. The number of nitrogens with one attached hydrogen (secondary N) is 1. The van der Waals surface area contributed by atoms with Gasteiger partial charge in [-0.2, -0.15) is 4.31 Å². The van der Waals surface area contributed by atoms with Crippen molar-refractivity contribution in [2.45, 2.75) is 0 Å². The van der Waals surface area contributed by atoms with Gasteiger partial charge in [0.15, 0.2) is 0 Å². The summed E-state index contributed by atoms with van der Waals surface area (Å²) in [7, 11) is 0.883. The Kier molecular flexibility index (Phi) is 4.31. The first-order valence-corrected chi connectivity index (χ1v) is 6.46.